The van der Waals surface area contributed by atoms with Gasteiger partial charge in [-0.3, -0.25) is 0 Å². The van der Waals surface area contributed by atoms with E-state index < -0.39 is 0 Å². The lowest BCUT2D eigenvalue weighted by atomic mass is 9.98. The number of pyridine rings is 1. The number of aromatic nitrogens is 1. The van der Waals surface area contributed by atoms with Gasteiger partial charge in [0.2, 0.25) is 0 Å². The van der Waals surface area contributed by atoms with Crippen molar-refractivity contribution in [2.45, 2.75) is 19.0 Å². The second kappa shape index (κ2) is 8.29. The average Bonchev–Trinajstić information content (AvgIpc) is 2.59. The molecule has 0 aliphatic heterocycles. The van der Waals surface area contributed by atoms with Gasteiger partial charge in [-0.2, -0.15) is 0 Å². The van der Waals surface area contributed by atoms with Crippen LogP contribution in [0.25, 0.3) is 0 Å². The van der Waals surface area contributed by atoms with Crippen LogP contribution in [-0.4, -0.2) is 4.98 Å². The van der Waals surface area contributed by atoms with Crippen LogP contribution in [0.3, 0.4) is 0 Å². The van der Waals surface area contributed by atoms with Crippen LogP contribution < -0.4 is 5.32 Å². The van der Waals surface area contributed by atoms with Crippen LogP contribution in [0.15, 0.2) is 72.8 Å². The van der Waals surface area contributed by atoms with Crippen molar-refractivity contribution in [3.8, 4) is 0 Å². The van der Waals surface area contributed by atoms with Crippen molar-refractivity contribution < 1.29 is 0 Å². The molecule has 2 nitrogen and oxygen atoms in total. The van der Waals surface area contributed by atoms with Crippen molar-refractivity contribution in [3.05, 3.63) is 99.8 Å². The number of hydrogen-bond donors (Lipinski definition) is 1. The third kappa shape index (κ3) is 4.81. The highest BCUT2D eigenvalue weighted by molar-refractivity contribution is 6.32. The number of hydrogen-bond acceptors (Lipinski definition) is 2. The lowest BCUT2D eigenvalue weighted by molar-refractivity contribution is 0.530. The van der Waals surface area contributed by atoms with Crippen LogP contribution in [0.2, 0.25) is 10.3 Å². The molecule has 1 aromatic heterocycles. The lowest BCUT2D eigenvalue weighted by Crippen LogP contribution is -2.23. The van der Waals surface area contributed by atoms with E-state index in [1.807, 2.05) is 24.3 Å². The molecule has 1 atom stereocenters. The van der Waals surface area contributed by atoms with E-state index in [2.05, 4.69) is 58.8 Å². The van der Waals surface area contributed by atoms with E-state index in [4.69, 9.17) is 23.2 Å². The zero-order chi connectivity index (χ0) is 16.8. The second-order valence-corrected chi connectivity index (χ2v) is 6.43. The monoisotopic (exact) mass is 356 g/mol. The Labute approximate surface area is 152 Å². The van der Waals surface area contributed by atoms with Gasteiger partial charge >= 0.3 is 0 Å². The molecule has 0 bridgehead atoms. The van der Waals surface area contributed by atoms with E-state index >= 15 is 0 Å². The highest BCUT2D eigenvalue weighted by Crippen LogP contribution is 2.20. The highest BCUT2D eigenvalue weighted by atomic mass is 35.5. The molecule has 0 amide bonds. The Balaban J connectivity index is 1.77. The molecular formula is C20H18Cl2N2. The number of nitrogens with zero attached hydrogens (tertiary/aromatic N) is 1. The van der Waals surface area contributed by atoms with Crippen LogP contribution in [-0.2, 0) is 13.0 Å². The fourth-order valence-corrected chi connectivity index (χ4v) is 3.21. The van der Waals surface area contributed by atoms with Gasteiger partial charge in [0.1, 0.15) is 10.3 Å². The summed E-state index contributed by atoms with van der Waals surface area (Å²) in [5.74, 6) is 0. The molecule has 3 rings (SSSR count). The van der Waals surface area contributed by atoms with Crippen LogP contribution in [0.1, 0.15) is 22.7 Å². The summed E-state index contributed by atoms with van der Waals surface area (Å²) in [6.07, 6.45) is 0.914. The third-order valence-corrected chi connectivity index (χ3v) is 4.25. The van der Waals surface area contributed by atoms with Gasteiger partial charge in [-0.05, 0) is 35.2 Å². The molecule has 0 spiro atoms. The summed E-state index contributed by atoms with van der Waals surface area (Å²) in [5, 5.41) is 4.44. The van der Waals surface area contributed by atoms with Crippen molar-refractivity contribution in [1.29, 1.82) is 0 Å². The van der Waals surface area contributed by atoms with Gasteiger partial charge in [0, 0.05) is 12.6 Å². The molecule has 2 aromatic carbocycles. The summed E-state index contributed by atoms with van der Waals surface area (Å²) in [5.41, 5.74) is 3.58. The first-order valence-corrected chi connectivity index (χ1v) is 8.60. The summed E-state index contributed by atoms with van der Waals surface area (Å²) in [4.78, 5) is 3.99. The van der Waals surface area contributed by atoms with Crippen LogP contribution in [0.4, 0.5) is 0 Å². The van der Waals surface area contributed by atoms with Crippen molar-refractivity contribution in [3.63, 3.8) is 0 Å². The Kier molecular flexibility index (Phi) is 5.86. The van der Waals surface area contributed by atoms with E-state index in [0.29, 0.717) is 16.9 Å². The maximum atomic E-state index is 5.99. The number of rotatable bonds is 6. The molecule has 1 heterocycles. The van der Waals surface area contributed by atoms with Gasteiger partial charge in [0.25, 0.3) is 0 Å². The number of benzene rings is 2. The molecule has 3 aromatic rings. The SMILES string of the molecule is Clc1cc(CNC(Cc2ccccc2)c2ccccc2)cc(Cl)n1. The highest BCUT2D eigenvalue weighted by Gasteiger charge is 2.12. The van der Waals surface area contributed by atoms with Gasteiger partial charge in [-0.25, -0.2) is 4.98 Å². The molecule has 0 saturated heterocycles. The first-order valence-electron chi connectivity index (χ1n) is 7.85. The minimum absolute atomic E-state index is 0.208. The summed E-state index contributed by atoms with van der Waals surface area (Å²) in [6.45, 7) is 0.675. The molecule has 1 unspecified atom stereocenters. The van der Waals surface area contributed by atoms with E-state index in [1.54, 1.807) is 0 Å². The first kappa shape index (κ1) is 17.0. The van der Waals surface area contributed by atoms with Crippen molar-refractivity contribution >= 4 is 23.2 Å². The summed E-state index contributed by atoms with van der Waals surface area (Å²) < 4.78 is 0. The molecule has 24 heavy (non-hydrogen) atoms. The molecule has 0 aliphatic rings. The van der Waals surface area contributed by atoms with Crippen LogP contribution >= 0.6 is 23.2 Å². The summed E-state index contributed by atoms with van der Waals surface area (Å²) in [7, 11) is 0. The van der Waals surface area contributed by atoms with Gasteiger partial charge in [0.05, 0.1) is 0 Å². The largest absolute Gasteiger partial charge is 0.306 e. The maximum Gasteiger partial charge on any atom is 0.131 e. The number of halogens is 2. The van der Waals surface area contributed by atoms with Crippen molar-refractivity contribution in [2.75, 3.05) is 0 Å². The molecule has 0 radical (unpaired) electrons. The van der Waals surface area contributed by atoms with Crippen molar-refractivity contribution in [1.82, 2.24) is 10.3 Å². The zero-order valence-corrected chi connectivity index (χ0v) is 14.6. The first-order chi connectivity index (χ1) is 11.7. The Morgan fingerprint density at radius 2 is 1.38 bits per heavy atom. The average molecular weight is 357 g/mol. The Bertz CT molecular complexity index is 756. The van der Waals surface area contributed by atoms with Crippen LogP contribution in [0, 0.1) is 0 Å². The minimum Gasteiger partial charge on any atom is -0.306 e. The Morgan fingerprint density at radius 1 is 0.792 bits per heavy atom. The van der Waals surface area contributed by atoms with Gasteiger partial charge in [-0.15, -0.1) is 0 Å². The van der Waals surface area contributed by atoms with Gasteiger partial charge in [0.15, 0.2) is 0 Å². The van der Waals surface area contributed by atoms with Gasteiger partial charge in [-0.1, -0.05) is 83.9 Å². The molecule has 0 fully saturated rings. The van der Waals surface area contributed by atoms with Crippen LogP contribution in [0.5, 0.6) is 0 Å². The van der Waals surface area contributed by atoms with E-state index in [1.165, 1.54) is 11.1 Å². The predicted molar refractivity (Wildman–Crippen MR) is 100 cm³/mol. The molecule has 1 N–H and O–H groups in total. The maximum absolute atomic E-state index is 5.99. The lowest BCUT2D eigenvalue weighted by Gasteiger charge is -2.20. The summed E-state index contributed by atoms with van der Waals surface area (Å²) >= 11 is 12.0. The molecule has 122 valence electrons. The predicted octanol–water partition coefficient (Wildman–Crippen LogP) is 5.46. The normalized spacial score (nSPS) is 12.1. The Morgan fingerprint density at radius 3 is 2.00 bits per heavy atom. The van der Waals surface area contributed by atoms with E-state index in [9.17, 15) is 0 Å². The minimum atomic E-state index is 0.208. The fraction of sp³-hybridized carbons (Fsp3) is 0.150. The standard InChI is InChI=1S/C20H18Cl2N2/c21-19-12-16(13-20(22)24-19)14-23-18(17-9-5-2-6-10-17)11-15-7-3-1-4-8-15/h1-10,12-13,18,23H,11,14H2. The van der Waals surface area contributed by atoms with Gasteiger partial charge < -0.3 is 5.32 Å². The topological polar surface area (TPSA) is 24.9 Å². The molecule has 0 aliphatic carbocycles. The Hall–Kier alpha value is -1.87. The van der Waals surface area contributed by atoms with E-state index in [-0.39, 0.29) is 6.04 Å². The second-order valence-electron chi connectivity index (χ2n) is 5.65. The number of nitrogens with one attached hydrogen (secondary N) is 1. The molecule has 4 heteroatoms. The zero-order valence-electron chi connectivity index (χ0n) is 13.1. The molecule has 0 saturated carbocycles. The third-order valence-electron chi connectivity index (χ3n) is 3.86. The van der Waals surface area contributed by atoms with Crippen molar-refractivity contribution in [2.24, 2.45) is 0 Å². The summed E-state index contributed by atoms with van der Waals surface area (Å²) in [6, 6.07) is 24.8. The smallest absolute Gasteiger partial charge is 0.131 e. The quantitative estimate of drug-likeness (QED) is 0.593. The fourth-order valence-electron chi connectivity index (χ4n) is 2.70. The van der Waals surface area contributed by atoms with E-state index in [0.717, 1.165) is 12.0 Å². The molecular weight excluding hydrogens is 339 g/mol.